The molecule has 1 aromatic heterocycles. The van der Waals surface area contributed by atoms with Gasteiger partial charge in [-0.3, -0.25) is 19.7 Å². The van der Waals surface area contributed by atoms with Crippen molar-refractivity contribution in [2.45, 2.75) is 6.92 Å². The zero-order valence-electron chi connectivity index (χ0n) is 17.1. The molecule has 9 nitrogen and oxygen atoms in total. The largest absolute Gasteiger partial charge is 0.465 e. The summed E-state index contributed by atoms with van der Waals surface area (Å²) in [7, 11) is 1.14. The normalized spacial score (nSPS) is 10.4. The van der Waals surface area contributed by atoms with Gasteiger partial charge >= 0.3 is 5.97 Å². The SMILES string of the molecule is COC(=O)c1c(NC(=O)c2ccc(Cl)c([N+](=O)[O-])c2)sc(C(=O)Nc2ccc(F)cc2)c1C. The molecule has 0 spiro atoms. The molecule has 0 radical (unpaired) electrons. The van der Waals surface area contributed by atoms with Gasteiger partial charge in [-0.15, -0.1) is 11.3 Å². The third kappa shape index (κ3) is 5.16. The van der Waals surface area contributed by atoms with Gasteiger partial charge in [-0.1, -0.05) is 11.6 Å². The highest BCUT2D eigenvalue weighted by Crippen LogP contribution is 2.35. The van der Waals surface area contributed by atoms with Crippen LogP contribution in [0.4, 0.5) is 20.8 Å². The fraction of sp³-hybridized carbons (Fsp3) is 0.0952. The Bertz CT molecular complexity index is 1280. The second kappa shape index (κ2) is 9.76. The third-order valence-corrected chi connectivity index (χ3v) is 6.00. The fourth-order valence-electron chi connectivity index (χ4n) is 2.86. The highest BCUT2D eigenvalue weighted by atomic mass is 35.5. The minimum absolute atomic E-state index is 0.0196. The first-order chi connectivity index (χ1) is 15.6. The van der Waals surface area contributed by atoms with Crippen LogP contribution in [-0.2, 0) is 4.74 Å². The van der Waals surface area contributed by atoms with E-state index in [1.807, 2.05) is 0 Å². The van der Waals surface area contributed by atoms with Gasteiger partial charge in [0.05, 0.1) is 22.5 Å². The smallest absolute Gasteiger partial charge is 0.341 e. The summed E-state index contributed by atoms with van der Waals surface area (Å²) in [5.41, 5.74) is 0.00445. The summed E-state index contributed by atoms with van der Waals surface area (Å²) in [4.78, 5) is 48.3. The van der Waals surface area contributed by atoms with E-state index >= 15 is 0 Å². The van der Waals surface area contributed by atoms with E-state index in [1.165, 1.54) is 43.3 Å². The number of hydrogen-bond donors (Lipinski definition) is 2. The number of benzene rings is 2. The highest BCUT2D eigenvalue weighted by molar-refractivity contribution is 7.19. The Balaban J connectivity index is 1.94. The number of esters is 1. The van der Waals surface area contributed by atoms with Crippen LogP contribution in [0.3, 0.4) is 0 Å². The number of ether oxygens (including phenoxy) is 1. The number of nitrogens with one attached hydrogen (secondary N) is 2. The molecule has 0 saturated carbocycles. The number of nitrogens with zero attached hydrogens (tertiary/aromatic N) is 1. The number of halogens is 2. The van der Waals surface area contributed by atoms with Crippen LogP contribution >= 0.6 is 22.9 Å². The van der Waals surface area contributed by atoms with Crippen molar-refractivity contribution in [3.63, 3.8) is 0 Å². The first-order valence-electron chi connectivity index (χ1n) is 9.16. The number of thiophene rings is 1. The standard InChI is InChI=1S/C21H15ClFN3O6S/c1-10-16(21(29)32-2)20(25-18(27)11-3-8-14(22)15(9-11)26(30)31)33-17(10)19(28)24-13-6-4-12(23)5-7-13/h3-9H,1-2H3,(H,24,28)(H,25,27). The first kappa shape index (κ1) is 23.8. The Morgan fingerprint density at radius 1 is 1.09 bits per heavy atom. The average molecular weight is 492 g/mol. The van der Waals surface area contributed by atoms with Gasteiger partial charge < -0.3 is 15.4 Å². The lowest BCUT2D eigenvalue weighted by molar-refractivity contribution is -0.384. The number of nitro benzene ring substituents is 1. The molecule has 3 rings (SSSR count). The lowest BCUT2D eigenvalue weighted by Gasteiger charge is -2.06. The van der Waals surface area contributed by atoms with Crippen molar-refractivity contribution < 1.29 is 28.4 Å². The van der Waals surface area contributed by atoms with Gasteiger partial charge in [0, 0.05) is 17.3 Å². The summed E-state index contributed by atoms with van der Waals surface area (Å²) < 4.78 is 17.9. The summed E-state index contributed by atoms with van der Waals surface area (Å²) in [5, 5.41) is 16.1. The second-order valence-corrected chi connectivity index (χ2v) is 8.02. The maximum atomic E-state index is 13.1. The second-order valence-electron chi connectivity index (χ2n) is 6.59. The number of methoxy groups -OCH3 is 1. The quantitative estimate of drug-likeness (QED) is 0.282. The summed E-state index contributed by atoms with van der Waals surface area (Å²) in [6.45, 7) is 1.51. The number of amides is 2. The zero-order chi connectivity index (χ0) is 24.3. The molecule has 0 saturated heterocycles. The van der Waals surface area contributed by atoms with Gasteiger partial charge in [-0.05, 0) is 48.9 Å². The van der Waals surface area contributed by atoms with E-state index in [0.717, 1.165) is 24.5 Å². The summed E-state index contributed by atoms with van der Waals surface area (Å²) in [6.07, 6.45) is 0. The van der Waals surface area contributed by atoms with Crippen molar-refractivity contribution in [3.8, 4) is 0 Å². The van der Waals surface area contributed by atoms with E-state index < -0.39 is 34.2 Å². The zero-order valence-corrected chi connectivity index (χ0v) is 18.7. The molecule has 0 aliphatic rings. The average Bonchev–Trinajstić information content (AvgIpc) is 3.10. The van der Waals surface area contributed by atoms with Gasteiger partial charge in [-0.2, -0.15) is 0 Å². The number of carbonyl (C=O) groups is 3. The van der Waals surface area contributed by atoms with Crippen molar-refractivity contribution in [2.24, 2.45) is 0 Å². The maximum absolute atomic E-state index is 13.1. The lowest BCUT2D eigenvalue weighted by atomic mass is 10.1. The Labute approximate surface area is 195 Å². The Morgan fingerprint density at radius 3 is 2.36 bits per heavy atom. The van der Waals surface area contributed by atoms with Gasteiger partial charge in [0.25, 0.3) is 17.5 Å². The molecular formula is C21H15ClFN3O6S. The monoisotopic (exact) mass is 491 g/mol. The summed E-state index contributed by atoms with van der Waals surface area (Å²) >= 11 is 6.60. The van der Waals surface area contributed by atoms with E-state index in [-0.39, 0.29) is 31.6 Å². The molecule has 0 atom stereocenters. The van der Waals surface area contributed by atoms with E-state index in [0.29, 0.717) is 5.69 Å². The van der Waals surface area contributed by atoms with Crippen molar-refractivity contribution in [1.29, 1.82) is 0 Å². The van der Waals surface area contributed by atoms with Crippen LogP contribution in [-0.4, -0.2) is 29.8 Å². The van der Waals surface area contributed by atoms with E-state index in [2.05, 4.69) is 10.6 Å². The third-order valence-electron chi connectivity index (χ3n) is 4.48. The molecule has 12 heteroatoms. The molecule has 0 unspecified atom stereocenters. The molecule has 1 heterocycles. The minimum Gasteiger partial charge on any atom is -0.465 e. The highest BCUT2D eigenvalue weighted by Gasteiger charge is 2.27. The Morgan fingerprint density at radius 2 is 1.76 bits per heavy atom. The first-order valence-corrected chi connectivity index (χ1v) is 10.4. The molecule has 33 heavy (non-hydrogen) atoms. The molecule has 0 bridgehead atoms. The molecule has 2 amide bonds. The van der Waals surface area contributed by atoms with Crippen molar-refractivity contribution >= 4 is 57.1 Å². The number of rotatable bonds is 6. The van der Waals surface area contributed by atoms with Crippen molar-refractivity contribution in [2.75, 3.05) is 17.7 Å². The predicted octanol–water partition coefficient (Wildman–Crippen LogP) is 5.05. The maximum Gasteiger partial charge on any atom is 0.341 e. The molecular weight excluding hydrogens is 477 g/mol. The molecule has 3 aromatic rings. The molecule has 0 fully saturated rings. The van der Waals surface area contributed by atoms with Crippen LogP contribution in [0, 0.1) is 22.9 Å². The Kier molecular flexibility index (Phi) is 7.04. The molecule has 2 aromatic carbocycles. The van der Waals surface area contributed by atoms with E-state index in [9.17, 15) is 28.9 Å². The van der Waals surface area contributed by atoms with Gasteiger partial charge in [0.2, 0.25) is 0 Å². The summed E-state index contributed by atoms with van der Waals surface area (Å²) in [5.74, 6) is -2.61. The molecule has 170 valence electrons. The van der Waals surface area contributed by atoms with Gasteiger partial charge in [0.15, 0.2) is 0 Å². The van der Waals surface area contributed by atoms with E-state index in [1.54, 1.807) is 0 Å². The van der Waals surface area contributed by atoms with Crippen LogP contribution < -0.4 is 10.6 Å². The summed E-state index contributed by atoms with van der Waals surface area (Å²) in [6, 6.07) is 8.57. The van der Waals surface area contributed by atoms with Gasteiger partial charge in [-0.25, -0.2) is 9.18 Å². The van der Waals surface area contributed by atoms with Crippen molar-refractivity contribution in [3.05, 3.63) is 85.0 Å². The molecule has 2 N–H and O–H groups in total. The van der Waals surface area contributed by atoms with E-state index in [4.69, 9.17) is 16.3 Å². The van der Waals surface area contributed by atoms with Crippen LogP contribution in [0.1, 0.15) is 36.0 Å². The lowest BCUT2D eigenvalue weighted by Crippen LogP contribution is -2.14. The van der Waals surface area contributed by atoms with Crippen molar-refractivity contribution in [1.82, 2.24) is 0 Å². The van der Waals surface area contributed by atoms with Crippen LogP contribution in [0.25, 0.3) is 0 Å². The molecule has 0 aliphatic heterocycles. The van der Waals surface area contributed by atoms with Crippen LogP contribution in [0.15, 0.2) is 42.5 Å². The predicted molar refractivity (Wildman–Crippen MR) is 121 cm³/mol. The minimum atomic E-state index is -0.790. The number of anilines is 2. The fourth-order valence-corrected chi connectivity index (χ4v) is 4.13. The Hall–Kier alpha value is -3.83. The topological polar surface area (TPSA) is 128 Å². The number of nitro groups is 1. The number of hydrogen-bond acceptors (Lipinski definition) is 7. The molecule has 0 aliphatic carbocycles. The van der Waals surface area contributed by atoms with Crippen LogP contribution in [0.5, 0.6) is 0 Å². The van der Waals surface area contributed by atoms with Gasteiger partial charge in [0.1, 0.15) is 15.8 Å². The van der Waals surface area contributed by atoms with Crippen LogP contribution in [0.2, 0.25) is 5.02 Å². The number of carbonyl (C=O) groups excluding carboxylic acids is 3.